The Kier molecular flexibility index (Phi) is 9.71. The van der Waals surface area contributed by atoms with Crippen molar-refractivity contribution in [1.29, 1.82) is 0 Å². The maximum Gasteiger partial charge on any atom is 0.158 e. The Morgan fingerprint density at radius 1 is 0.884 bits per heavy atom. The number of ether oxygens (including phenoxy) is 4. The predicted molar refractivity (Wildman–Crippen MR) is 171 cm³/mol. The summed E-state index contributed by atoms with van der Waals surface area (Å²) in [5.74, 6) is 4.56. The van der Waals surface area contributed by atoms with E-state index in [1.807, 2.05) is 42.6 Å². The lowest BCUT2D eigenvalue weighted by molar-refractivity contribution is 0.389. The third kappa shape index (κ3) is 7.05. The highest BCUT2D eigenvalue weighted by Crippen LogP contribution is 2.38. The first-order valence-corrected chi connectivity index (χ1v) is 15.2. The number of benzene rings is 2. The summed E-state index contributed by atoms with van der Waals surface area (Å²) in [5.41, 5.74) is 9.25. The van der Waals surface area contributed by atoms with Gasteiger partial charge in [0.2, 0.25) is 0 Å². The van der Waals surface area contributed by atoms with Gasteiger partial charge in [0.05, 0.1) is 33.4 Å². The van der Waals surface area contributed by atoms with Gasteiger partial charge in [-0.25, -0.2) is 15.0 Å². The van der Waals surface area contributed by atoms with E-state index >= 15 is 0 Å². The molecular weight excluding hydrogens is 564 g/mol. The summed E-state index contributed by atoms with van der Waals surface area (Å²) in [4.78, 5) is 17.3. The number of rotatable bonds is 12. The zero-order chi connectivity index (χ0) is 30.3. The van der Waals surface area contributed by atoms with Gasteiger partial charge < -0.3 is 34.9 Å². The predicted octanol–water partition coefficient (Wildman–Crippen LogP) is 6.20. The first-order chi connectivity index (χ1) is 20.9. The second-order valence-corrected chi connectivity index (χ2v) is 12.0. The standard InChI is InChI=1S/C32H40N6O4S/c1-20-16-34-32(43-20)21-7-6-8-24(13-21)37-30-29(33)31(36-19-35-30)38(17-22-9-11-25(39-2)14-27(22)41-4)18-23-10-12-26(40-3)15-28(23)42-5/h9-12,14-16,19,21,24H,6-8,13,17-18,33H2,1-5H3,(H,35,36,37). The molecule has 1 aliphatic rings. The SMILES string of the molecule is COc1ccc(CN(Cc2ccc(OC)cc2OC)c2ncnc(NC3CCCC(c4ncc(C)s4)C3)c2N)c(OC)c1. The van der Waals surface area contributed by atoms with Crippen LogP contribution < -0.4 is 34.9 Å². The fourth-order valence-corrected chi connectivity index (χ4v) is 6.56. The zero-order valence-corrected chi connectivity index (χ0v) is 26.2. The van der Waals surface area contributed by atoms with Crippen molar-refractivity contribution in [3.8, 4) is 23.0 Å². The molecule has 10 nitrogen and oxygen atoms in total. The van der Waals surface area contributed by atoms with Crippen LogP contribution in [0.4, 0.5) is 17.3 Å². The van der Waals surface area contributed by atoms with Crippen molar-refractivity contribution in [2.24, 2.45) is 0 Å². The van der Waals surface area contributed by atoms with E-state index in [0.29, 0.717) is 47.8 Å². The van der Waals surface area contributed by atoms with Crippen LogP contribution in [-0.2, 0) is 13.1 Å². The van der Waals surface area contributed by atoms with Gasteiger partial charge in [-0.3, -0.25) is 0 Å². The number of aryl methyl sites for hydroxylation is 1. The molecular formula is C32H40N6O4S. The first kappa shape index (κ1) is 30.2. The third-order valence-electron chi connectivity index (χ3n) is 7.88. The van der Waals surface area contributed by atoms with Crippen molar-refractivity contribution < 1.29 is 18.9 Å². The number of thiazole rings is 1. The molecule has 2 unspecified atom stereocenters. The molecule has 0 spiro atoms. The van der Waals surface area contributed by atoms with E-state index in [0.717, 1.165) is 48.3 Å². The number of hydrogen-bond donors (Lipinski definition) is 2. The van der Waals surface area contributed by atoms with E-state index in [4.69, 9.17) is 24.7 Å². The van der Waals surface area contributed by atoms with Crippen LogP contribution in [0.2, 0.25) is 0 Å². The normalized spacial score (nSPS) is 16.4. The largest absolute Gasteiger partial charge is 0.497 e. The molecule has 1 aliphatic carbocycles. The van der Waals surface area contributed by atoms with Crippen LogP contribution in [0.1, 0.15) is 52.6 Å². The van der Waals surface area contributed by atoms with Gasteiger partial charge in [-0.2, -0.15) is 0 Å². The Balaban J connectivity index is 1.46. The average Bonchev–Trinajstić information content (AvgIpc) is 3.48. The minimum absolute atomic E-state index is 0.241. The van der Waals surface area contributed by atoms with E-state index in [-0.39, 0.29) is 6.04 Å². The Labute approximate surface area is 257 Å². The van der Waals surface area contributed by atoms with Crippen molar-refractivity contribution in [1.82, 2.24) is 15.0 Å². The number of methoxy groups -OCH3 is 4. The third-order valence-corrected chi connectivity index (χ3v) is 8.95. The van der Waals surface area contributed by atoms with Gasteiger partial charge in [0.15, 0.2) is 11.6 Å². The van der Waals surface area contributed by atoms with E-state index in [9.17, 15) is 0 Å². The lowest BCUT2D eigenvalue weighted by Crippen LogP contribution is -2.29. The minimum Gasteiger partial charge on any atom is -0.497 e. The van der Waals surface area contributed by atoms with Crippen LogP contribution in [0.3, 0.4) is 0 Å². The first-order valence-electron chi connectivity index (χ1n) is 14.4. The number of nitrogens with one attached hydrogen (secondary N) is 1. The van der Waals surface area contributed by atoms with Crippen LogP contribution in [-0.4, -0.2) is 49.4 Å². The number of aromatic nitrogens is 3. The van der Waals surface area contributed by atoms with E-state index in [2.05, 4.69) is 32.1 Å². The van der Waals surface area contributed by atoms with Gasteiger partial charge in [-0.1, -0.05) is 6.42 Å². The number of nitrogens with two attached hydrogens (primary N) is 1. The highest BCUT2D eigenvalue weighted by molar-refractivity contribution is 7.11. The molecule has 2 aromatic heterocycles. The lowest BCUT2D eigenvalue weighted by atomic mass is 9.86. The summed E-state index contributed by atoms with van der Waals surface area (Å²) in [7, 11) is 6.58. The fourth-order valence-electron chi connectivity index (χ4n) is 5.63. The molecule has 43 heavy (non-hydrogen) atoms. The number of nitrogen functional groups attached to an aromatic ring is 1. The van der Waals surface area contributed by atoms with Gasteiger partial charge >= 0.3 is 0 Å². The maximum atomic E-state index is 6.85. The van der Waals surface area contributed by atoms with Crippen LogP contribution >= 0.6 is 11.3 Å². The molecule has 2 aromatic carbocycles. The summed E-state index contributed by atoms with van der Waals surface area (Å²) >= 11 is 1.79. The fraction of sp³-hybridized carbons (Fsp3) is 0.406. The highest BCUT2D eigenvalue weighted by atomic mass is 32.1. The zero-order valence-electron chi connectivity index (χ0n) is 25.4. The van der Waals surface area contributed by atoms with E-state index in [1.54, 1.807) is 46.1 Å². The summed E-state index contributed by atoms with van der Waals surface area (Å²) in [6.07, 6.45) is 7.85. The molecule has 5 rings (SSSR count). The van der Waals surface area contributed by atoms with E-state index in [1.165, 1.54) is 9.88 Å². The Bertz CT molecular complexity index is 1470. The van der Waals surface area contributed by atoms with Crippen molar-refractivity contribution in [3.63, 3.8) is 0 Å². The monoisotopic (exact) mass is 604 g/mol. The second kappa shape index (κ2) is 13.8. The lowest BCUT2D eigenvalue weighted by Gasteiger charge is -2.30. The molecule has 0 radical (unpaired) electrons. The topological polar surface area (TPSA) is 117 Å². The average molecular weight is 605 g/mol. The summed E-state index contributed by atoms with van der Waals surface area (Å²) in [5, 5.41) is 4.86. The molecule has 1 saturated carbocycles. The van der Waals surface area contributed by atoms with Crippen LogP contribution in [0.15, 0.2) is 48.9 Å². The van der Waals surface area contributed by atoms with Gasteiger partial charge in [-0.15, -0.1) is 11.3 Å². The van der Waals surface area contributed by atoms with Gasteiger partial charge in [-0.05, 0) is 50.5 Å². The Hall–Kier alpha value is -4.25. The maximum absolute atomic E-state index is 6.85. The van der Waals surface area contributed by atoms with E-state index < -0.39 is 0 Å². The summed E-state index contributed by atoms with van der Waals surface area (Å²) in [6, 6.07) is 11.8. The van der Waals surface area contributed by atoms with Gasteiger partial charge in [0.1, 0.15) is 35.0 Å². The van der Waals surface area contributed by atoms with Crippen molar-refractivity contribution in [3.05, 3.63) is 69.9 Å². The summed E-state index contributed by atoms with van der Waals surface area (Å²) < 4.78 is 22.3. The highest BCUT2D eigenvalue weighted by Gasteiger charge is 2.27. The molecule has 228 valence electrons. The second-order valence-electron chi connectivity index (χ2n) is 10.7. The number of hydrogen-bond acceptors (Lipinski definition) is 11. The number of anilines is 3. The molecule has 0 amide bonds. The summed E-state index contributed by atoms with van der Waals surface area (Å²) in [6.45, 7) is 3.05. The smallest absolute Gasteiger partial charge is 0.158 e. The molecule has 11 heteroatoms. The molecule has 1 fully saturated rings. The van der Waals surface area contributed by atoms with Crippen LogP contribution in [0.25, 0.3) is 0 Å². The van der Waals surface area contributed by atoms with Crippen molar-refractivity contribution >= 4 is 28.7 Å². The molecule has 4 aromatic rings. The quantitative estimate of drug-likeness (QED) is 0.193. The number of nitrogens with zero attached hydrogens (tertiary/aromatic N) is 4. The molecule has 2 heterocycles. The van der Waals surface area contributed by atoms with Crippen LogP contribution in [0.5, 0.6) is 23.0 Å². The van der Waals surface area contributed by atoms with Crippen molar-refractivity contribution in [2.75, 3.05) is 44.4 Å². The Morgan fingerprint density at radius 2 is 1.53 bits per heavy atom. The molecule has 0 saturated heterocycles. The molecule has 2 atom stereocenters. The van der Waals surface area contributed by atoms with Crippen molar-refractivity contribution in [2.45, 2.75) is 57.7 Å². The molecule has 0 bridgehead atoms. The molecule has 0 aliphatic heterocycles. The molecule has 3 N–H and O–H groups in total. The van der Waals surface area contributed by atoms with Crippen LogP contribution in [0, 0.1) is 6.92 Å². The van der Waals surface area contributed by atoms with Gasteiger partial charge in [0, 0.05) is 59.4 Å². The minimum atomic E-state index is 0.241. The van der Waals surface area contributed by atoms with Gasteiger partial charge in [0.25, 0.3) is 0 Å². The Morgan fingerprint density at radius 3 is 2.09 bits per heavy atom.